The maximum Gasteiger partial charge on any atom is 0.191 e. The second kappa shape index (κ2) is 8.87. The molecule has 5 heteroatoms. The van der Waals surface area contributed by atoms with Crippen molar-refractivity contribution in [3.63, 3.8) is 0 Å². The average Bonchev–Trinajstić information content (AvgIpc) is 3.05. The first-order valence-corrected chi connectivity index (χ1v) is 8.14. The molecule has 0 bridgehead atoms. The van der Waals surface area contributed by atoms with Crippen molar-refractivity contribution in [2.24, 2.45) is 10.4 Å². The standard InChI is InChI=1S/C15H25N3S.HI/c1-3-16-14(17-11-13-7-6-10-19-13)18-12-15(2)8-4-5-9-15;/h6-7,10H,3-5,8-9,11-12H2,1-2H3,(H2,16,17,18);1H. The Morgan fingerprint density at radius 1 is 1.35 bits per heavy atom. The van der Waals surface area contributed by atoms with Crippen LogP contribution in [0.3, 0.4) is 0 Å². The number of rotatable bonds is 5. The summed E-state index contributed by atoms with van der Waals surface area (Å²) in [5.74, 6) is 0.948. The van der Waals surface area contributed by atoms with E-state index in [2.05, 4.69) is 47.0 Å². The minimum Gasteiger partial charge on any atom is -0.357 e. The maximum atomic E-state index is 4.65. The van der Waals surface area contributed by atoms with Gasteiger partial charge in [-0.1, -0.05) is 25.8 Å². The Kier molecular flexibility index (Phi) is 7.87. The number of hydrogen-bond donors (Lipinski definition) is 2. The molecule has 3 nitrogen and oxygen atoms in total. The zero-order chi connectivity index (χ0) is 13.6. The van der Waals surface area contributed by atoms with Crippen LogP contribution in [0.25, 0.3) is 0 Å². The highest BCUT2D eigenvalue weighted by molar-refractivity contribution is 14.0. The fourth-order valence-corrected chi connectivity index (χ4v) is 3.23. The van der Waals surface area contributed by atoms with E-state index < -0.39 is 0 Å². The molecular formula is C15H26IN3S. The van der Waals surface area contributed by atoms with Gasteiger partial charge in [0.05, 0.1) is 6.54 Å². The van der Waals surface area contributed by atoms with E-state index in [1.165, 1.54) is 30.6 Å². The molecule has 0 aliphatic heterocycles. The summed E-state index contributed by atoms with van der Waals surface area (Å²) in [4.78, 5) is 5.96. The van der Waals surface area contributed by atoms with Gasteiger partial charge in [-0.15, -0.1) is 35.3 Å². The molecule has 1 fully saturated rings. The molecule has 2 N–H and O–H groups in total. The van der Waals surface area contributed by atoms with Gasteiger partial charge in [-0.3, -0.25) is 0 Å². The highest BCUT2D eigenvalue weighted by Crippen LogP contribution is 2.36. The van der Waals surface area contributed by atoms with Gasteiger partial charge in [-0.2, -0.15) is 0 Å². The van der Waals surface area contributed by atoms with Crippen LogP contribution in [-0.4, -0.2) is 19.0 Å². The first-order chi connectivity index (χ1) is 9.22. The van der Waals surface area contributed by atoms with E-state index in [1.807, 2.05) is 0 Å². The minimum atomic E-state index is 0. The molecule has 1 saturated carbocycles. The fraction of sp³-hybridized carbons (Fsp3) is 0.667. The van der Waals surface area contributed by atoms with Crippen molar-refractivity contribution in [1.29, 1.82) is 0 Å². The van der Waals surface area contributed by atoms with Crippen molar-refractivity contribution >= 4 is 41.3 Å². The third kappa shape index (κ3) is 5.60. The molecule has 1 aromatic heterocycles. The lowest BCUT2D eigenvalue weighted by molar-refractivity contribution is 0.334. The third-order valence-electron chi connectivity index (χ3n) is 3.81. The number of nitrogens with one attached hydrogen (secondary N) is 2. The van der Waals surface area contributed by atoms with Crippen molar-refractivity contribution < 1.29 is 0 Å². The zero-order valence-corrected chi connectivity index (χ0v) is 15.6. The van der Waals surface area contributed by atoms with Crippen molar-refractivity contribution in [1.82, 2.24) is 10.6 Å². The molecule has 1 aliphatic carbocycles. The van der Waals surface area contributed by atoms with Crippen molar-refractivity contribution in [3.05, 3.63) is 22.4 Å². The van der Waals surface area contributed by atoms with Crippen LogP contribution in [0.4, 0.5) is 0 Å². The van der Waals surface area contributed by atoms with E-state index >= 15 is 0 Å². The highest BCUT2D eigenvalue weighted by Gasteiger charge is 2.28. The van der Waals surface area contributed by atoms with Crippen LogP contribution >= 0.6 is 35.3 Å². The lowest BCUT2D eigenvalue weighted by Gasteiger charge is -2.25. The van der Waals surface area contributed by atoms with E-state index in [0.29, 0.717) is 5.41 Å². The van der Waals surface area contributed by atoms with E-state index in [1.54, 1.807) is 11.3 Å². The van der Waals surface area contributed by atoms with Crippen LogP contribution in [0.1, 0.15) is 44.4 Å². The molecule has 1 aromatic rings. The summed E-state index contributed by atoms with van der Waals surface area (Å²) in [5.41, 5.74) is 0.457. The lowest BCUT2D eigenvalue weighted by Crippen LogP contribution is -2.42. The van der Waals surface area contributed by atoms with E-state index in [4.69, 9.17) is 0 Å². The third-order valence-corrected chi connectivity index (χ3v) is 4.67. The second-order valence-electron chi connectivity index (χ2n) is 5.65. The summed E-state index contributed by atoms with van der Waals surface area (Å²) in [5, 5.41) is 8.94. The van der Waals surface area contributed by atoms with Gasteiger partial charge in [0.25, 0.3) is 0 Å². The normalized spacial score (nSPS) is 17.6. The van der Waals surface area contributed by atoms with Crippen LogP contribution in [0.2, 0.25) is 0 Å². The molecular weight excluding hydrogens is 381 g/mol. The first-order valence-electron chi connectivity index (χ1n) is 7.26. The topological polar surface area (TPSA) is 36.4 Å². The lowest BCUT2D eigenvalue weighted by atomic mass is 9.89. The minimum absolute atomic E-state index is 0. The molecule has 114 valence electrons. The summed E-state index contributed by atoms with van der Waals surface area (Å²) in [6.07, 6.45) is 5.43. The van der Waals surface area contributed by atoms with Gasteiger partial charge < -0.3 is 10.6 Å². The van der Waals surface area contributed by atoms with Crippen LogP contribution < -0.4 is 10.6 Å². The number of hydrogen-bond acceptors (Lipinski definition) is 2. The van der Waals surface area contributed by atoms with Gasteiger partial charge in [0, 0.05) is 18.0 Å². The SMILES string of the molecule is CCNC(=NCc1cccs1)NCC1(C)CCCC1.I. The number of aliphatic imine (C=N–C) groups is 1. The highest BCUT2D eigenvalue weighted by atomic mass is 127. The molecule has 1 heterocycles. The molecule has 0 unspecified atom stereocenters. The van der Waals surface area contributed by atoms with Crippen LogP contribution in [0.15, 0.2) is 22.5 Å². The molecule has 0 atom stereocenters. The molecule has 20 heavy (non-hydrogen) atoms. The van der Waals surface area contributed by atoms with Crippen LogP contribution in [-0.2, 0) is 6.54 Å². The number of halogens is 1. The zero-order valence-electron chi connectivity index (χ0n) is 12.4. The van der Waals surface area contributed by atoms with Crippen LogP contribution in [0.5, 0.6) is 0 Å². The van der Waals surface area contributed by atoms with Gasteiger partial charge in [0.15, 0.2) is 5.96 Å². The molecule has 0 radical (unpaired) electrons. The van der Waals surface area contributed by atoms with Gasteiger partial charge in [-0.25, -0.2) is 4.99 Å². The molecule has 0 saturated heterocycles. The summed E-state index contributed by atoms with van der Waals surface area (Å²) in [6.45, 7) is 7.20. The Labute approximate surface area is 143 Å². The smallest absolute Gasteiger partial charge is 0.191 e. The van der Waals surface area contributed by atoms with E-state index in [0.717, 1.165) is 25.6 Å². The molecule has 0 spiro atoms. The molecule has 0 aromatic carbocycles. The molecule has 0 amide bonds. The largest absolute Gasteiger partial charge is 0.357 e. The fourth-order valence-electron chi connectivity index (χ4n) is 2.60. The number of nitrogens with zero attached hydrogens (tertiary/aromatic N) is 1. The van der Waals surface area contributed by atoms with E-state index in [-0.39, 0.29) is 24.0 Å². The Hall–Kier alpha value is -0.300. The van der Waals surface area contributed by atoms with Gasteiger partial charge >= 0.3 is 0 Å². The Morgan fingerprint density at radius 2 is 2.10 bits per heavy atom. The van der Waals surface area contributed by atoms with Crippen LogP contribution in [0, 0.1) is 5.41 Å². The van der Waals surface area contributed by atoms with Crippen molar-refractivity contribution in [3.8, 4) is 0 Å². The average molecular weight is 407 g/mol. The van der Waals surface area contributed by atoms with Gasteiger partial charge in [0.1, 0.15) is 0 Å². The molecule has 2 rings (SSSR count). The Balaban J connectivity index is 0.00000200. The molecule has 1 aliphatic rings. The summed E-state index contributed by atoms with van der Waals surface area (Å²) >= 11 is 1.76. The monoisotopic (exact) mass is 407 g/mol. The van der Waals surface area contributed by atoms with Gasteiger partial charge in [-0.05, 0) is 36.6 Å². The first kappa shape index (κ1) is 17.8. The predicted molar refractivity (Wildman–Crippen MR) is 99.1 cm³/mol. The summed E-state index contributed by atoms with van der Waals surface area (Å²) < 4.78 is 0. The number of guanidine groups is 1. The Bertz CT molecular complexity index is 397. The van der Waals surface area contributed by atoms with Crippen molar-refractivity contribution in [2.75, 3.05) is 13.1 Å². The summed E-state index contributed by atoms with van der Waals surface area (Å²) in [7, 11) is 0. The summed E-state index contributed by atoms with van der Waals surface area (Å²) in [6, 6.07) is 4.21. The van der Waals surface area contributed by atoms with E-state index in [9.17, 15) is 0 Å². The Morgan fingerprint density at radius 3 is 2.70 bits per heavy atom. The number of thiophene rings is 1. The second-order valence-corrected chi connectivity index (χ2v) is 6.68. The van der Waals surface area contributed by atoms with Gasteiger partial charge in [0.2, 0.25) is 0 Å². The predicted octanol–water partition coefficient (Wildman–Crippen LogP) is 4.00. The van der Waals surface area contributed by atoms with Crippen molar-refractivity contribution in [2.45, 2.75) is 46.1 Å². The quantitative estimate of drug-likeness (QED) is 0.440. The maximum absolute atomic E-state index is 4.65.